The van der Waals surface area contributed by atoms with E-state index < -0.39 is 5.60 Å². The van der Waals surface area contributed by atoms with E-state index in [4.69, 9.17) is 0 Å². The van der Waals surface area contributed by atoms with Gasteiger partial charge in [0.1, 0.15) is 0 Å². The first-order valence-corrected chi connectivity index (χ1v) is 8.19. The Hall–Kier alpha value is -2.86. The summed E-state index contributed by atoms with van der Waals surface area (Å²) in [7, 11) is 0. The van der Waals surface area contributed by atoms with Gasteiger partial charge in [-0.3, -0.25) is 9.36 Å². The van der Waals surface area contributed by atoms with Crippen LogP contribution in [0.15, 0.2) is 59.4 Å². The number of benzene rings is 2. The fourth-order valence-corrected chi connectivity index (χ4v) is 2.91. The van der Waals surface area contributed by atoms with Crippen LogP contribution in [0.3, 0.4) is 0 Å². The van der Waals surface area contributed by atoms with Gasteiger partial charge in [0.2, 0.25) is 5.91 Å². The lowest BCUT2D eigenvalue weighted by molar-refractivity contribution is -0.125. The molecule has 3 rings (SSSR count). The van der Waals surface area contributed by atoms with Gasteiger partial charge in [0, 0.05) is 13.1 Å². The van der Waals surface area contributed by atoms with Crippen molar-refractivity contribution in [3.05, 3.63) is 70.6 Å². The van der Waals surface area contributed by atoms with E-state index in [0.717, 1.165) is 11.0 Å². The van der Waals surface area contributed by atoms with Crippen molar-refractivity contribution >= 4 is 16.9 Å². The van der Waals surface area contributed by atoms with Crippen molar-refractivity contribution in [1.82, 2.24) is 14.9 Å². The molecule has 0 saturated carbocycles. The number of imidazole rings is 1. The fraction of sp³-hybridized carbons (Fsp3) is 0.263. The molecular formula is C19H21N3O3. The summed E-state index contributed by atoms with van der Waals surface area (Å²) >= 11 is 0. The third kappa shape index (κ3) is 3.80. The van der Waals surface area contributed by atoms with Gasteiger partial charge in [0.15, 0.2) is 0 Å². The highest BCUT2D eigenvalue weighted by molar-refractivity contribution is 5.77. The van der Waals surface area contributed by atoms with E-state index in [9.17, 15) is 14.7 Å². The summed E-state index contributed by atoms with van der Waals surface area (Å²) < 4.78 is 1.59. The summed E-state index contributed by atoms with van der Waals surface area (Å²) in [5.74, 6) is -0.262. The number of nitrogens with zero attached hydrogens (tertiary/aromatic N) is 1. The van der Waals surface area contributed by atoms with Crippen LogP contribution >= 0.6 is 0 Å². The number of carbonyl (C=O) groups is 1. The van der Waals surface area contributed by atoms with Crippen molar-refractivity contribution in [2.45, 2.75) is 25.5 Å². The zero-order valence-corrected chi connectivity index (χ0v) is 14.0. The third-order valence-corrected chi connectivity index (χ3v) is 4.24. The number of hydrogen-bond donors (Lipinski definition) is 3. The summed E-state index contributed by atoms with van der Waals surface area (Å²) in [5, 5.41) is 13.3. The van der Waals surface area contributed by atoms with E-state index in [0.29, 0.717) is 18.7 Å². The predicted molar refractivity (Wildman–Crippen MR) is 96.2 cm³/mol. The van der Waals surface area contributed by atoms with Crippen LogP contribution in [0, 0.1) is 0 Å². The van der Waals surface area contributed by atoms with Gasteiger partial charge in [-0.15, -0.1) is 0 Å². The number of amides is 1. The number of aromatic nitrogens is 2. The number of aliphatic hydroxyl groups is 1. The highest BCUT2D eigenvalue weighted by Gasteiger charge is 2.26. The molecule has 0 saturated heterocycles. The molecule has 1 amide bonds. The second kappa shape index (κ2) is 6.94. The maximum absolute atomic E-state index is 12.1. The van der Waals surface area contributed by atoms with Crippen molar-refractivity contribution < 1.29 is 9.90 Å². The molecule has 6 heteroatoms. The van der Waals surface area contributed by atoms with Crippen LogP contribution in [0.4, 0.5) is 0 Å². The Morgan fingerprint density at radius 3 is 2.60 bits per heavy atom. The molecule has 0 radical (unpaired) electrons. The summed E-state index contributed by atoms with van der Waals surface area (Å²) in [6.45, 7) is 2.29. The molecule has 25 heavy (non-hydrogen) atoms. The van der Waals surface area contributed by atoms with Gasteiger partial charge in [0.05, 0.1) is 23.1 Å². The molecule has 6 nitrogen and oxygen atoms in total. The number of para-hydroxylation sites is 2. The van der Waals surface area contributed by atoms with Gasteiger partial charge in [0.25, 0.3) is 0 Å². The lowest BCUT2D eigenvalue weighted by Gasteiger charge is -2.23. The lowest BCUT2D eigenvalue weighted by atomic mass is 9.92. The van der Waals surface area contributed by atoms with Crippen LogP contribution in [0.5, 0.6) is 0 Å². The molecule has 0 fully saturated rings. The van der Waals surface area contributed by atoms with Crippen molar-refractivity contribution in [3.63, 3.8) is 0 Å². The molecular weight excluding hydrogens is 318 g/mol. The summed E-state index contributed by atoms with van der Waals surface area (Å²) in [4.78, 5) is 26.9. The van der Waals surface area contributed by atoms with Gasteiger partial charge in [-0.05, 0) is 24.6 Å². The molecule has 1 atom stereocenters. The molecule has 1 unspecified atom stereocenters. The molecule has 1 aromatic heterocycles. The number of carbonyl (C=O) groups excluding carboxylic acids is 1. The standard InChI is InChI=1S/C19H21N3O3/c1-19(25,14-7-3-2-4-8-14)13-17(23)20-11-12-22-16-10-6-5-9-15(16)21-18(22)24/h2-10,25H,11-13H2,1H3,(H,20,23)(H,21,24). The Morgan fingerprint density at radius 2 is 1.84 bits per heavy atom. The molecule has 1 heterocycles. The first-order chi connectivity index (χ1) is 12.0. The highest BCUT2D eigenvalue weighted by atomic mass is 16.3. The second-order valence-electron chi connectivity index (χ2n) is 6.27. The predicted octanol–water partition coefficient (Wildman–Crippen LogP) is 1.74. The summed E-state index contributed by atoms with van der Waals surface area (Å²) in [5.41, 5.74) is 0.830. The Kier molecular flexibility index (Phi) is 4.72. The van der Waals surface area contributed by atoms with Crippen LogP contribution in [-0.4, -0.2) is 27.1 Å². The molecule has 3 N–H and O–H groups in total. The molecule has 130 valence electrons. The summed E-state index contributed by atoms with van der Waals surface area (Å²) in [6, 6.07) is 16.5. The number of nitrogens with one attached hydrogen (secondary N) is 2. The van der Waals surface area contributed by atoms with Gasteiger partial charge >= 0.3 is 5.69 Å². The average Bonchev–Trinajstić information content (AvgIpc) is 2.91. The second-order valence-corrected chi connectivity index (χ2v) is 6.27. The van der Waals surface area contributed by atoms with Crippen LogP contribution in [0.25, 0.3) is 11.0 Å². The van der Waals surface area contributed by atoms with Crippen molar-refractivity contribution in [2.24, 2.45) is 0 Å². The Morgan fingerprint density at radius 1 is 1.16 bits per heavy atom. The zero-order chi connectivity index (χ0) is 17.9. The van der Waals surface area contributed by atoms with Crippen LogP contribution in [-0.2, 0) is 16.9 Å². The van der Waals surface area contributed by atoms with Crippen LogP contribution in [0.1, 0.15) is 18.9 Å². The quantitative estimate of drug-likeness (QED) is 0.639. The minimum Gasteiger partial charge on any atom is -0.385 e. The lowest BCUT2D eigenvalue weighted by Crippen LogP contribution is -2.35. The summed E-state index contributed by atoms with van der Waals surface area (Å²) in [6.07, 6.45) is -0.0419. The normalized spacial score (nSPS) is 13.5. The van der Waals surface area contributed by atoms with Crippen LogP contribution in [0.2, 0.25) is 0 Å². The number of hydrogen-bond acceptors (Lipinski definition) is 3. The van der Waals surface area contributed by atoms with E-state index >= 15 is 0 Å². The fourth-order valence-electron chi connectivity index (χ4n) is 2.91. The first-order valence-electron chi connectivity index (χ1n) is 8.19. The SMILES string of the molecule is CC(O)(CC(=O)NCCn1c(=O)[nH]c2ccccc21)c1ccccc1. The van der Waals surface area contributed by atoms with E-state index in [1.54, 1.807) is 23.6 Å². The Balaban J connectivity index is 1.59. The van der Waals surface area contributed by atoms with Crippen molar-refractivity contribution in [1.29, 1.82) is 0 Å². The van der Waals surface area contributed by atoms with E-state index in [-0.39, 0.29) is 18.0 Å². The third-order valence-electron chi connectivity index (χ3n) is 4.24. The minimum atomic E-state index is -1.23. The molecule has 0 aliphatic rings. The number of rotatable bonds is 6. The molecule has 0 bridgehead atoms. The van der Waals surface area contributed by atoms with E-state index in [2.05, 4.69) is 10.3 Å². The topological polar surface area (TPSA) is 87.1 Å². The number of fused-ring (bicyclic) bond motifs is 1. The number of aromatic amines is 1. The minimum absolute atomic E-state index is 0.0419. The van der Waals surface area contributed by atoms with Gasteiger partial charge < -0.3 is 15.4 Å². The largest absolute Gasteiger partial charge is 0.385 e. The van der Waals surface area contributed by atoms with Crippen molar-refractivity contribution in [2.75, 3.05) is 6.54 Å². The first kappa shape index (κ1) is 17.0. The highest BCUT2D eigenvalue weighted by Crippen LogP contribution is 2.23. The molecule has 0 aliphatic heterocycles. The maximum atomic E-state index is 12.1. The van der Waals surface area contributed by atoms with Gasteiger partial charge in [-0.25, -0.2) is 4.79 Å². The van der Waals surface area contributed by atoms with Gasteiger partial charge in [-0.2, -0.15) is 0 Å². The smallest absolute Gasteiger partial charge is 0.326 e. The van der Waals surface area contributed by atoms with Crippen molar-refractivity contribution in [3.8, 4) is 0 Å². The Labute approximate surface area is 145 Å². The molecule has 0 aliphatic carbocycles. The van der Waals surface area contributed by atoms with Gasteiger partial charge in [-0.1, -0.05) is 42.5 Å². The molecule has 0 spiro atoms. The van der Waals surface area contributed by atoms with Crippen LogP contribution < -0.4 is 11.0 Å². The Bertz CT molecular complexity index is 926. The monoisotopic (exact) mass is 339 g/mol. The molecule has 3 aromatic rings. The average molecular weight is 339 g/mol. The zero-order valence-electron chi connectivity index (χ0n) is 14.0. The van der Waals surface area contributed by atoms with E-state index in [1.807, 2.05) is 42.5 Å². The maximum Gasteiger partial charge on any atom is 0.326 e. The molecule has 2 aromatic carbocycles. The van der Waals surface area contributed by atoms with E-state index in [1.165, 1.54) is 0 Å². The number of H-pyrrole nitrogens is 1.